The van der Waals surface area contributed by atoms with Crippen molar-refractivity contribution in [1.82, 2.24) is 10.1 Å². The molecule has 1 fully saturated rings. The first-order valence-electron chi connectivity index (χ1n) is 8.32. The molecular weight excluding hydrogens is 279 g/mol. The van der Waals surface area contributed by atoms with E-state index in [2.05, 4.69) is 23.9 Å². The zero-order valence-corrected chi connectivity index (χ0v) is 13.4. The van der Waals surface area contributed by atoms with E-state index in [-0.39, 0.29) is 5.82 Å². The summed E-state index contributed by atoms with van der Waals surface area (Å²) >= 11 is 0. The van der Waals surface area contributed by atoms with E-state index in [1.807, 2.05) is 0 Å². The molecule has 0 aliphatic carbocycles. The van der Waals surface area contributed by atoms with Crippen molar-refractivity contribution in [2.24, 2.45) is 0 Å². The molecule has 0 unspecified atom stereocenters. The van der Waals surface area contributed by atoms with Crippen LogP contribution < -0.4 is 0 Å². The average molecular weight is 303 g/mol. The van der Waals surface area contributed by atoms with Gasteiger partial charge in [0.15, 0.2) is 5.58 Å². The number of likely N-dealkylation sites (tertiary alicyclic amines) is 1. The van der Waals surface area contributed by atoms with Crippen LogP contribution >= 0.6 is 0 Å². The molecule has 2 heterocycles. The summed E-state index contributed by atoms with van der Waals surface area (Å²) in [7, 11) is 0. The molecule has 0 bridgehead atoms. The minimum atomic E-state index is -0.271. The smallest absolute Gasteiger partial charge is 0.170 e. The monoisotopic (exact) mass is 303 g/mol. The fourth-order valence-electron chi connectivity index (χ4n) is 3.38. The second-order valence-electron chi connectivity index (χ2n) is 6.22. The Morgan fingerprint density at radius 2 is 2.00 bits per heavy atom. The van der Waals surface area contributed by atoms with E-state index in [1.54, 1.807) is 12.0 Å². The van der Waals surface area contributed by atoms with Crippen LogP contribution in [0.2, 0.25) is 0 Å². The van der Waals surface area contributed by atoms with Crippen LogP contribution in [-0.2, 0) is 0 Å². The summed E-state index contributed by atoms with van der Waals surface area (Å²) in [6.45, 7) is 7.82. The van der Waals surface area contributed by atoms with E-state index in [0.29, 0.717) is 11.5 Å². The Kier molecular flexibility index (Phi) is 4.77. The number of halogens is 1. The summed E-state index contributed by atoms with van der Waals surface area (Å²) < 4.78 is 18.5. The van der Waals surface area contributed by atoms with Gasteiger partial charge in [-0.3, -0.25) is 0 Å². The lowest BCUT2D eigenvalue weighted by Crippen LogP contribution is -2.36. The molecule has 3 nitrogen and oxygen atoms in total. The van der Waals surface area contributed by atoms with Gasteiger partial charge >= 0.3 is 0 Å². The van der Waals surface area contributed by atoms with Gasteiger partial charge in [0.05, 0.1) is 5.69 Å². The van der Waals surface area contributed by atoms with Crippen molar-refractivity contribution in [3.63, 3.8) is 0 Å². The van der Waals surface area contributed by atoms with Crippen LogP contribution in [0.5, 0.6) is 0 Å². The predicted octanol–water partition coefficient (Wildman–Crippen LogP) is 4.54. The summed E-state index contributed by atoms with van der Waals surface area (Å²) in [6.07, 6.45) is 4.55. The first-order chi connectivity index (χ1) is 10.7. The maximum absolute atomic E-state index is 13.2. The molecule has 4 heteroatoms. The number of benzene rings is 1. The second-order valence-corrected chi connectivity index (χ2v) is 6.22. The standard InChI is InChI=1S/C18H24FN2O/c1-3-13(4-2)12-21-9-7-14(8-10-21)18-16-6-5-15(19)11-17(16)22-20-18/h5-6,11,14H,3-4,7-10,12H2,1-2H3. The molecule has 22 heavy (non-hydrogen) atoms. The topological polar surface area (TPSA) is 29.3 Å². The molecule has 0 atom stereocenters. The molecule has 119 valence electrons. The molecular formula is C18H24FN2O. The van der Waals surface area contributed by atoms with Crippen LogP contribution in [0, 0.1) is 11.7 Å². The Morgan fingerprint density at radius 3 is 2.68 bits per heavy atom. The van der Waals surface area contributed by atoms with Gasteiger partial charge in [-0.05, 0) is 56.8 Å². The van der Waals surface area contributed by atoms with Gasteiger partial charge in [-0.25, -0.2) is 4.39 Å². The quantitative estimate of drug-likeness (QED) is 0.812. The molecule has 1 aliphatic rings. The van der Waals surface area contributed by atoms with Gasteiger partial charge in [0.25, 0.3) is 0 Å². The van der Waals surface area contributed by atoms with E-state index >= 15 is 0 Å². The third-order valence-corrected chi connectivity index (χ3v) is 4.88. The zero-order chi connectivity index (χ0) is 15.5. The minimum absolute atomic E-state index is 0.271. The Bertz CT molecular complexity index is 613. The van der Waals surface area contributed by atoms with Crippen molar-refractivity contribution in [3.05, 3.63) is 35.6 Å². The molecule has 1 aliphatic heterocycles. The first-order valence-corrected chi connectivity index (χ1v) is 8.32. The highest BCUT2D eigenvalue weighted by atomic mass is 19.1. The Morgan fingerprint density at radius 1 is 1.27 bits per heavy atom. The number of aromatic nitrogens is 1. The number of hydrogen-bond acceptors (Lipinski definition) is 3. The van der Waals surface area contributed by atoms with Crippen molar-refractivity contribution in [3.8, 4) is 0 Å². The molecule has 0 spiro atoms. The van der Waals surface area contributed by atoms with E-state index in [4.69, 9.17) is 4.52 Å². The molecule has 1 saturated heterocycles. The number of rotatable bonds is 5. The fraction of sp³-hybridized carbons (Fsp3) is 0.556. The van der Waals surface area contributed by atoms with E-state index < -0.39 is 0 Å². The summed E-state index contributed by atoms with van der Waals surface area (Å²) in [5.41, 5.74) is 1.56. The normalized spacial score (nSPS) is 17.6. The van der Waals surface area contributed by atoms with E-state index in [0.717, 1.165) is 43.6 Å². The molecule has 2 aromatic rings. The molecule has 0 saturated carbocycles. The maximum Gasteiger partial charge on any atom is 0.170 e. The van der Waals surface area contributed by atoms with E-state index in [1.165, 1.54) is 25.0 Å². The van der Waals surface area contributed by atoms with E-state index in [9.17, 15) is 4.39 Å². The predicted molar refractivity (Wildman–Crippen MR) is 86.2 cm³/mol. The van der Waals surface area contributed by atoms with Gasteiger partial charge in [-0.1, -0.05) is 19.0 Å². The highest BCUT2D eigenvalue weighted by Gasteiger charge is 2.25. The lowest BCUT2D eigenvalue weighted by atomic mass is 9.90. The number of piperidine rings is 1. The summed E-state index contributed by atoms with van der Waals surface area (Å²) in [4.78, 5) is 2.54. The fourth-order valence-corrected chi connectivity index (χ4v) is 3.38. The molecule has 0 amide bonds. The van der Waals surface area contributed by atoms with Crippen molar-refractivity contribution in [2.45, 2.75) is 45.4 Å². The average Bonchev–Trinajstić information content (AvgIpc) is 2.96. The number of fused-ring (bicyclic) bond motifs is 1. The van der Waals surface area contributed by atoms with Gasteiger partial charge in [0, 0.05) is 23.9 Å². The first kappa shape index (κ1) is 15.5. The SMILES string of the molecule is CC[C](CC)CN1CCC(c2noc3cc(F)ccc23)CC1. The van der Waals surface area contributed by atoms with Crippen LogP contribution in [0.3, 0.4) is 0 Å². The van der Waals surface area contributed by atoms with Crippen molar-refractivity contribution in [2.75, 3.05) is 19.6 Å². The zero-order valence-electron chi connectivity index (χ0n) is 13.4. The third kappa shape index (κ3) is 3.17. The van der Waals surface area contributed by atoms with Crippen LogP contribution in [-0.4, -0.2) is 29.7 Å². The minimum Gasteiger partial charge on any atom is -0.356 e. The van der Waals surface area contributed by atoms with Crippen LogP contribution in [0.15, 0.2) is 22.7 Å². The number of nitrogens with zero attached hydrogens (tertiary/aromatic N) is 2. The lowest BCUT2D eigenvalue weighted by Gasteiger charge is -2.33. The van der Waals surface area contributed by atoms with Gasteiger partial charge in [-0.2, -0.15) is 0 Å². The Balaban J connectivity index is 1.65. The summed E-state index contributed by atoms with van der Waals surface area (Å²) in [6, 6.07) is 4.70. The third-order valence-electron chi connectivity index (χ3n) is 4.88. The largest absolute Gasteiger partial charge is 0.356 e. The lowest BCUT2D eigenvalue weighted by molar-refractivity contribution is 0.212. The molecule has 1 aromatic heterocycles. The van der Waals surface area contributed by atoms with Gasteiger partial charge < -0.3 is 9.42 Å². The molecule has 0 N–H and O–H groups in total. The Hall–Kier alpha value is -1.42. The maximum atomic E-state index is 13.2. The van der Waals surface area contributed by atoms with Gasteiger partial charge in [0.1, 0.15) is 5.82 Å². The molecule has 1 aromatic carbocycles. The van der Waals surface area contributed by atoms with Gasteiger partial charge in [-0.15, -0.1) is 0 Å². The van der Waals surface area contributed by atoms with Crippen molar-refractivity contribution >= 4 is 11.0 Å². The highest BCUT2D eigenvalue weighted by molar-refractivity contribution is 5.79. The second kappa shape index (κ2) is 6.78. The number of hydrogen-bond donors (Lipinski definition) is 0. The Labute approximate surface area is 131 Å². The van der Waals surface area contributed by atoms with Gasteiger partial charge in [0.2, 0.25) is 0 Å². The van der Waals surface area contributed by atoms with Crippen LogP contribution in [0.1, 0.15) is 51.1 Å². The van der Waals surface area contributed by atoms with Crippen LogP contribution in [0.25, 0.3) is 11.0 Å². The molecule has 1 radical (unpaired) electrons. The van der Waals surface area contributed by atoms with Crippen molar-refractivity contribution < 1.29 is 8.91 Å². The van der Waals surface area contributed by atoms with Crippen molar-refractivity contribution in [1.29, 1.82) is 0 Å². The highest BCUT2D eigenvalue weighted by Crippen LogP contribution is 2.33. The molecule has 3 rings (SSSR count). The van der Waals surface area contributed by atoms with Crippen LogP contribution in [0.4, 0.5) is 4.39 Å². The summed E-state index contributed by atoms with van der Waals surface area (Å²) in [5.74, 6) is 1.78. The summed E-state index contributed by atoms with van der Waals surface area (Å²) in [5, 5.41) is 5.18.